The van der Waals surface area contributed by atoms with Crippen LogP contribution in [0.1, 0.15) is 17.5 Å². The molecule has 0 aliphatic heterocycles. The van der Waals surface area contributed by atoms with E-state index in [1.54, 1.807) is 6.07 Å². The zero-order valence-electron chi connectivity index (χ0n) is 11.8. The fourth-order valence-corrected chi connectivity index (χ4v) is 5.04. The van der Waals surface area contributed by atoms with E-state index >= 15 is 0 Å². The highest BCUT2D eigenvalue weighted by molar-refractivity contribution is 7.91. The Labute approximate surface area is 139 Å². The molecule has 0 unspecified atom stereocenters. The lowest BCUT2D eigenvalue weighted by Gasteiger charge is -2.09. The van der Waals surface area contributed by atoms with Crippen molar-refractivity contribution in [2.75, 3.05) is 13.2 Å². The molecule has 0 fully saturated rings. The van der Waals surface area contributed by atoms with Gasteiger partial charge < -0.3 is 4.74 Å². The number of benzene rings is 1. The van der Waals surface area contributed by atoms with E-state index in [1.807, 2.05) is 6.07 Å². The summed E-state index contributed by atoms with van der Waals surface area (Å²) in [4.78, 5) is 0. The first kappa shape index (κ1) is 15.8. The number of hydrogen-bond donors (Lipinski definition) is 1. The molecule has 3 rings (SSSR count). The lowest BCUT2D eigenvalue weighted by Crippen LogP contribution is -2.27. The predicted molar refractivity (Wildman–Crippen MR) is 88.5 cm³/mol. The largest absolute Gasteiger partial charge is 0.492 e. The summed E-state index contributed by atoms with van der Waals surface area (Å²) < 4.78 is 32.8. The van der Waals surface area contributed by atoms with Crippen molar-refractivity contribution in [3.63, 3.8) is 0 Å². The number of aryl methyl sites for hydroxylation is 2. The summed E-state index contributed by atoms with van der Waals surface area (Å²) >= 11 is 6.79. The summed E-state index contributed by atoms with van der Waals surface area (Å²) in [6, 6.07) is 9.15. The molecule has 1 N–H and O–H groups in total. The smallest absolute Gasteiger partial charge is 0.250 e. The highest BCUT2D eigenvalue weighted by Crippen LogP contribution is 2.26. The van der Waals surface area contributed by atoms with Gasteiger partial charge in [0.15, 0.2) is 0 Å². The Morgan fingerprint density at radius 3 is 2.77 bits per heavy atom. The van der Waals surface area contributed by atoms with Crippen LogP contribution in [0, 0.1) is 0 Å². The Hall–Kier alpha value is -1.08. The van der Waals surface area contributed by atoms with Crippen molar-refractivity contribution in [2.24, 2.45) is 0 Å². The van der Waals surface area contributed by atoms with E-state index in [0.29, 0.717) is 4.34 Å². The van der Waals surface area contributed by atoms with E-state index in [9.17, 15) is 8.42 Å². The molecule has 2 aromatic rings. The molecule has 22 heavy (non-hydrogen) atoms. The maximum atomic E-state index is 12.0. The van der Waals surface area contributed by atoms with Crippen molar-refractivity contribution >= 4 is 33.0 Å². The average molecular weight is 358 g/mol. The van der Waals surface area contributed by atoms with Gasteiger partial charge in [-0.15, -0.1) is 11.3 Å². The third-order valence-electron chi connectivity index (χ3n) is 3.55. The topological polar surface area (TPSA) is 55.4 Å². The molecular formula is C15H16ClNO3S2. The van der Waals surface area contributed by atoms with Crippen LogP contribution in [0.4, 0.5) is 0 Å². The van der Waals surface area contributed by atoms with Gasteiger partial charge in [-0.2, -0.15) is 0 Å². The van der Waals surface area contributed by atoms with Crippen LogP contribution >= 0.6 is 22.9 Å². The van der Waals surface area contributed by atoms with E-state index in [2.05, 4.69) is 16.9 Å². The number of rotatable bonds is 6. The van der Waals surface area contributed by atoms with Crippen LogP contribution in [0.15, 0.2) is 34.5 Å². The van der Waals surface area contributed by atoms with E-state index in [1.165, 1.54) is 23.6 Å². The Morgan fingerprint density at radius 2 is 2.00 bits per heavy atom. The maximum absolute atomic E-state index is 12.0. The molecule has 1 aromatic heterocycles. The standard InChI is InChI=1S/C15H16ClNO3S2/c16-14-6-7-15(21-14)22(18,19)17-8-9-20-13-5-4-11-2-1-3-12(11)10-13/h4-7,10,17H,1-3,8-9H2. The summed E-state index contributed by atoms with van der Waals surface area (Å²) in [6.07, 6.45) is 3.43. The minimum absolute atomic E-state index is 0.217. The van der Waals surface area contributed by atoms with Gasteiger partial charge in [-0.3, -0.25) is 0 Å². The maximum Gasteiger partial charge on any atom is 0.250 e. The fourth-order valence-electron chi connectivity index (χ4n) is 2.50. The molecule has 1 aliphatic rings. The Kier molecular flexibility index (Phi) is 4.73. The lowest BCUT2D eigenvalue weighted by atomic mass is 10.1. The molecule has 0 amide bonds. The van der Waals surface area contributed by atoms with Gasteiger partial charge in [-0.25, -0.2) is 13.1 Å². The highest BCUT2D eigenvalue weighted by Gasteiger charge is 2.16. The van der Waals surface area contributed by atoms with Gasteiger partial charge in [0.2, 0.25) is 10.0 Å². The minimum Gasteiger partial charge on any atom is -0.492 e. The zero-order chi connectivity index (χ0) is 15.6. The highest BCUT2D eigenvalue weighted by atomic mass is 35.5. The number of thiophene rings is 1. The summed E-state index contributed by atoms with van der Waals surface area (Å²) in [6.45, 7) is 0.506. The van der Waals surface area contributed by atoms with Crippen molar-refractivity contribution in [1.29, 1.82) is 0 Å². The number of fused-ring (bicyclic) bond motifs is 1. The summed E-state index contributed by atoms with van der Waals surface area (Å²) in [5.41, 5.74) is 2.73. The van der Waals surface area contributed by atoms with Crippen molar-refractivity contribution in [3.05, 3.63) is 45.8 Å². The second-order valence-corrected chi connectivity index (χ2v) is 8.80. The third kappa shape index (κ3) is 3.63. The van der Waals surface area contributed by atoms with Crippen LogP contribution in [0.5, 0.6) is 5.75 Å². The van der Waals surface area contributed by atoms with Gasteiger partial charge in [-0.05, 0) is 54.7 Å². The molecule has 0 saturated carbocycles. The van der Waals surface area contributed by atoms with E-state index in [0.717, 1.165) is 29.9 Å². The second kappa shape index (κ2) is 6.58. The summed E-state index contributed by atoms with van der Waals surface area (Å²) in [7, 11) is -3.50. The van der Waals surface area contributed by atoms with Gasteiger partial charge in [0.25, 0.3) is 0 Å². The second-order valence-electron chi connectivity index (χ2n) is 5.09. The first-order valence-corrected chi connectivity index (χ1v) is 9.72. The zero-order valence-corrected chi connectivity index (χ0v) is 14.2. The van der Waals surface area contributed by atoms with E-state index < -0.39 is 10.0 Å². The first-order valence-electron chi connectivity index (χ1n) is 7.04. The van der Waals surface area contributed by atoms with Gasteiger partial charge in [0.05, 0.1) is 4.34 Å². The molecule has 0 atom stereocenters. The van der Waals surface area contributed by atoms with Gasteiger partial charge >= 0.3 is 0 Å². The van der Waals surface area contributed by atoms with Gasteiger partial charge in [0.1, 0.15) is 16.6 Å². The summed E-state index contributed by atoms with van der Waals surface area (Å²) in [5.74, 6) is 0.791. The van der Waals surface area contributed by atoms with Gasteiger partial charge in [-0.1, -0.05) is 17.7 Å². The lowest BCUT2D eigenvalue weighted by molar-refractivity contribution is 0.322. The molecule has 0 radical (unpaired) electrons. The van der Waals surface area contributed by atoms with Crippen LogP contribution < -0.4 is 9.46 Å². The van der Waals surface area contributed by atoms with Crippen LogP contribution in [0.2, 0.25) is 4.34 Å². The summed E-state index contributed by atoms with van der Waals surface area (Å²) in [5, 5.41) is 0. The van der Waals surface area contributed by atoms with Crippen molar-refractivity contribution in [1.82, 2.24) is 4.72 Å². The molecule has 0 spiro atoms. The quantitative estimate of drug-likeness (QED) is 0.807. The van der Waals surface area contributed by atoms with Crippen LogP contribution in [-0.2, 0) is 22.9 Å². The third-order valence-corrected chi connectivity index (χ3v) is 6.73. The number of halogens is 1. The first-order chi connectivity index (χ1) is 10.5. The number of ether oxygens (including phenoxy) is 1. The monoisotopic (exact) mass is 357 g/mol. The molecule has 1 aromatic carbocycles. The minimum atomic E-state index is -3.50. The Morgan fingerprint density at radius 1 is 1.18 bits per heavy atom. The molecule has 4 nitrogen and oxygen atoms in total. The molecular weight excluding hydrogens is 342 g/mol. The molecule has 7 heteroatoms. The van der Waals surface area contributed by atoms with Gasteiger partial charge in [0, 0.05) is 6.54 Å². The SMILES string of the molecule is O=S(=O)(NCCOc1ccc2c(c1)CCC2)c1ccc(Cl)s1. The molecule has 1 aliphatic carbocycles. The van der Waals surface area contributed by atoms with Crippen LogP contribution in [-0.4, -0.2) is 21.6 Å². The van der Waals surface area contributed by atoms with Crippen LogP contribution in [0.3, 0.4) is 0 Å². The Bertz CT molecular complexity index is 771. The van der Waals surface area contributed by atoms with Crippen molar-refractivity contribution in [2.45, 2.75) is 23.5 Å². The molecule has 1 heterocycles. The molecule has 0 saturated heterocycles. The fraction of sp³-hybridized carbons (Fsp3) is 0.333. The predicted octanol–water partition coefficient (Wildman–Crippen LogP) is 3.25. The Balaban J connectivity index is 1.51. The molecule has 0 bridgehead atoms. The molecule has 118 valence electrons. The average Bonchev–Trinajstić information content (AvgIpc) is 3.12. The normalized spacial score (nSPS) is 14.0. The van der Waals surface area contributed by atoms with E-state index in [4.69, 9.17) is 16.3 Å². The van der Waals surface area contributed by atoms with Crippen molar-refractivity contribution < 1.29 is 13.2 Å². The van der Waals surface area contributed by atoms with E-state index in [-0.39, 0.29) is 17.4 Å². The number of nitrogens with one attached hydrogen (secondary N) is 1. The number of sulfonamides is 1. The van der Waals surface area contributed by atoms with Crippen molar-refractivity contribution in [3.8, 4) is 5.75 Å². The van der Waals surface area contributed by atoms with Crippen LogP contribution in [0.25, 0.3) is 0 Å². The number of hydrogen-bond acceptors (Lipinski definition) is 4.